The standard InChI is InChI=1S/C22H22O.C21H22.C8H16N2O2.2C2H6.CH4/c1-2-18-23-22(19-12-6-3-7-13-19,20-14-8-4-9-15-20)21-16-10-5-11-17-21;1-4-12-18(13-5-2)21(3,19-14-8-6-9-15-19)20-16-10-7-11-17-20;1-3-5-10(6-7(9)11)8(12)4-2;2*1-2;/h3-17H,2,18H2,1H3;4-17H,1H2,2-3H3;3-6H2,1-2H3,(H2,9,11);2*1-2H3;1H4/b;13-5-,18-12+;;;;. The third-order valence-corrected chi connectivity index (χ3v) is 9.48. The van der Waals surface area contributed by atoms with Crippen LogP contribution in [-0.2, 0) is 25.3 Å². The Labute approximate surface area is 371 Å². The van der Waals surface area contributed by atoms with Crippen LogP contribution in [0.4, 0.5) is 0 Å². The summed E-state index contributed by atoms with van der Waals surface area (Å²) in [6.07, 6.45) is 10.5. The van der Waals surface area contributed by atoms with Crippen LogP contribution in [0.2, 0.25) is 0 Å². The molecule has 0 atom stereocenters. The van der Waals surface area contributed by atoms with Gasteiger partial charge in [0.05, 0.1) is 6.54 Å². The van der Waals surface area contributed by atoms with Crippen molar-refractivity contribution in [3.05, 3.63) is 216 Å². The molecule has 0 unspecified atom stereocenters. The molecule has 0 fully saturated rings. The van der Waals surface area contributed by atoms with E-state index in [0.29, 0.717) is 19.6 Å². The fourth-order valence-electron chi connectivity index (χ4n) is 6.74. The number of nitrogens with zero attached hydrogens (tertiary/aromatic N) is 1. The van der Waals surface area contributed by atoms with Gasteiger partial charge in [-0.1, -0.05) is 238 Å². The Morgan fingerprint density at radius 1 is 0.639 bits per heavy atom. The lowest BCUT2D eigenvalue weighted by Crippen LogP contribution is -2.38. The average molecular weight is 825 g/mol. The third kappa shape index (κ3) is 16.7. The lowest BCUT2D eigenvalue weighted by Gasteiger charge is -2.36. The topological polar surface area (TPSA) is 72.6 Å². The lowest BCUT2D eigenvalue weighted by molar-refractivity contribution is -0.134. The second kappa shape index (κ2) is 32.1. The van der Waals surface area contributed by atoms with E-state index in [4.69, 9.17) is 10.5 Å². The molecule has 0 aliphatic heterocycles. The molecule has 0 aliphatic rings. The van der Waals surface area contributed by atoms with E-state index in [0.717, 1.165) is 29.5 Å². The molecule has 5 nitrogen and oxygen atoms in total. The van der Waals surface area contributed by atoms with Crippen LogP contribution in [0, 0.1) is 0 Å². The first kappa shape index (κ1) is 55.2. The van der Waals surface area contributed by atoms with Crippen molar-refractivity contribution < 1.29 is 14.3 Å². The Kier molecular flexibility index (Phi) is 29.0. The van der Waals surface area contributed by atoms with Crippen LogP contribution in [0.1, 0.15) is 117 Å². The predicted molar refractivity (Wildman–Crippen MR) is 264 cm³/mol. The Balaban J connectivity index is 0.000000880. The largest absolute Gasteiger partial charge is 0.368 e. The molecule has 0 saturated carbocycles. The van der Waals surface area contributed by atoms with Gasteiger partial charge in [0, 0.05) is 25.0 Å². The molecule has 0 aliphatic carbocycles. The molecule has 5 rings (SSSR count). The van der Waals surface area contributed by atoms with Gasteiger partial charge in [0.1, 0.15) is 5.60 Å². The van der Waals surface area contributed by atoms with Gasteiger partial charge in [-0.2, -0.15) is 0 Å². The molecule has 2 N–H and O–H groups in total. The summed E-state index contributed by atoms with van der Waals surface area (Å²) in [5.74, 6) is -0.471. The Hall–Kier alpha value is -5.78. The number of hydrogen-bond donors (Lipinski definition) is 1. The van der Waals surface area contributed by atoms with E-state index in [-0.39, 0.29) is 25.3 Å². The lowest BCUT2D eigenvalue weighted by atomic mass is 9.70. The number of benzene rings is 5. The minimum absolute atomic E-state index is 0. The van der Waals surface area contributed by atoms with Crippen LogP contribution in [0.25, 0.3) is 0 Å². The van der Waals surface area contributed by atoms with Crippen LogP contribution >= 0.6 is 0 Å². The second-order valence-electron chi connectivity index (χ2n) is 13.5. The van der Waals surface area contributed by atoms with Crippen LogP contribution < -0.4 is 5.73 Å². The summed E-state index contributed by atoms with van der Waals surface area (Å²) in [5.41, 5.74) is 11.5. The van der Waals surface area contributed by atoms with E-state index < -0.39 is 11.5 Å². The molecule has 2 amide bonds. The second-order valence-corrected chi connectivity index (χ2v) is 13.5. The van der Waals surface area contributed by atoms with Gasteiger partial charge >= 0.3 is 0 Å². The summed E-state index contributed by atoms with van der Waals surface area (Å²) in [5, 5.41) is 0. The van der Waals surface area contributed by atoms with Crippen LogP contribution in [-0.4, -0.2) is 36.4 Å². The van der Waals surface area contributed by atoms with Gasteiger partial charge in [0.15, 0.2) is 0 Å². The third-order valence-electron chi connectivity index (χ3n) is 9.48. The number of amides is 2. The van der Waals surface area contributed by atoms with Gasteiger partial charge in [-0.3, -0.25) is 9.59 Å². The molecule has 0 heterocycles. The zero-order chi connectivity index (χ0) is 44.7. The molecular weight excluding hydrogens is 749 g/mol. The highest BCUT2D eigenvalue weighted by atomic mass is 16.5. The van der Waals surface area contributed by atoms with Gasteiger partial charge in [-0.05, 0) is 60.1 Å². The van der Waals surface area contributed by atoms with Crippen LogP contribution in [0.3, 0.4) is 0 Å². The SMILES string of the molecule is C.C=C/C=C(\C=C/C)C(C)(c1ccccc1)c1ccccc1.CC.CC.CCCN(CC(N)=O)C(=O)CC.CCCOC(c1ccccc1)(c1ccccc1)c1ccccc1. The van der Waals surface area contributed by atoms with Gasteiger partial charge in [0.2, 0.25) is 11.8 Å². The number of carbonyl (C=O) groups excluding carboxylic acids is 2. The van der Waals surface area contributed by atoms with E-state index in [1.165, 1.54) is 21.6 Å². The molecule has 5 aromatic carbocycles. The number of nitrogens with two attached hydrogens (primary N) is 1. The summed E-state index contributed by atoms with van der Waals surface area (Å²) in [6.45, 7) is 23.4. The minimum atomic E-state index is -0.570. The van der Waals surface area contributed by atoms with Gasteiger partial charge < -0.3 is 15.4 Å². The van der Waals surface area contributed by atoms with E-state index in [9.17, 15) is 9.59 Å². The summed E-state index contributed by atoms with van der Waals surface area (Å²) < 4.78 is 6.54. The molecule has 0 aromatic heterocycles. The fourth-order valence-corrected chi connectivity index (χ4v) is 6.74. The highest BCUT2D eigenvalue weighted by Crippen LogP contribution is 2.41. The number of rotatable bonds is 16. The monoisotopic (exact) mass is 825 g/mol. The number of ether oxygens (including phenoxy) is 1. The van der Waals surface area contributed by atoms with Crippen molar-refractivity contribution in [2.45, 2.75) is 100 Å². The number of allylic oxidation sites excluding steroid dienone is 5. The Bertz CT molecular complexity index is 1790. The molecule has 0 spiro atoms. The van der Waals surface area contributed by atoms with Crippen LogP contribution in [0.15, 0.2) is 188 Å². The maximum atomic E-state index is 11.2. The number of primary amides is 1. The van der Waals surface area contributed by atoms with Crippen molar-refractivity contribution in [2.24, 2.45) is 5.73 Å². The first-order valence-corrected chi connectivity index (χ1v) is 21.7. The zero-order valence-electron chi connectivity index (χ0n) is 37.9. The highest BCUT2D eigenvalue weighted by molar-refractivity contribution is 5.83. The van der Waals surface area contributed by atoms with E-state index in [2.05, 4.69) is 172 Å². The van der Waals surface area contributed by atoms with E-state index in [1.54, 1.807) is 6.92 Å². The van der Waals surface area contributed by atoms with Gasteiger partial charge in [-0.15, -0.1) is 0 Å². The van der Waals surface area contributed by atoms with Gasteiger partial charge in [0.25, 0.3) is 0 Å². The maximum absolute atomic E-state index is 11.2. The first-order valence-electron chi connectivity index (χ1n) is 21.7. The smallest absolute Gasteiger partial charge is 0.237 e. The summed E-state index contributed by atoms with van der Waals surface area (Å²) in [7, 11) is 0. The van der Waals surface area contributed by atoms with Crippen LogP contribution in [0.5, 0.6) is 0 Å². The van der Waals surface area contributed by atoms with Crippen molar-refractivity contribution in [1.82, 2.24) is 4.90 Å². The molecule has 5 aromatic rings. The van der Waals surface area contributed by atoms with Crippen molar-refractivity contribution in [2.75, 3.05) is 19.7 Å². The Morgan fingerprint density at radius 2 is 1.00 bits per heavy atom. The highest BCUT2D eigenvalue weighted by Gasteiger charge is 2.37. The normalized spacial score (nSPS) is 10.7. The van der Waals surface area contributed by atoms with Crippen molar-refractivity contribution >= 4 is 11.8 Å². The predicted octanol–water partition coefficient (Wildman–Crippen LogP) is 13.9. The molecular formula is C56H76N2O3. The zero-order valence-corrected chi connectivity index (χ0v) is 37.9. The first-order chi connectivity index (χ1) is 29.2. The van der Waals surface area contributed by atoms with E-state index >= 15 is 0 Å². The molecule has 5 heteroatoms. The van der Waals surface area contributed by atoms with Gasteiger partial charge in [-0.25, -0.2) is 0 Å². The molecule has 328 valence electrons. The average Bonchev–Trinajstić information content (AvgIpc) is 3.32. The summed E-state index contributed by atoms with van der Waals surface area (Å²) in [6, 6.07) is 52.7. The molecule has 0 saturated heterocycles. The fraction of sp³-hybridized carbons (Fsp3) is 0.321. The molecule has 61 heavy (non-hydrogen) atoms. The number of carbonyl (C=O) groups is 2. The van der Waals surface area contributed by atoms with Crippen molar-refractivity contribution in [3.63, 3.8) is 0 Å². The minimum Gasteiger partial charge on any atom is -0.368 e. The van der Waals surface area contributed by atoms with Crippen molar-refractivity contribution in [1.29, 1.82) is 0 Å². The van der Waals surface area contributed by atoms with Crippen molar-refractivity contribution in [3.8, 4) is 0 Å². The molecule has 0 radical (unpaired) electrons. The maximum Gasteiger partial charge on any atom is 0.237 e. The summed E-state index contributed by atoms with van der Waals surface area (Å²) in [4.78, 5) is 23.2. The summed E-state index contributed by atoms with van der Waals surface area (Å²) >= 11 is 0. The Morgan fingerprint density at radius 3 is 1.28 bits per heavy atom. The quantitative estimate of drug-likeness (QED) is 0.0795. The molecule has 0 bridgehead atoms. The number of hydrogen-bond acceptors (Lipinski definition) is 3. The van der Waals surface area contributed by atoms with E-state index in [1.807, 2.05) is 65.8 Å².